The third kappa shape index (κ3) is 5.33. The van der Waals surface area contributed by atoms with Gasteiger partial charge in [-0.15, -0.1) is 0 Å². The van der Waals surface area contributed by atoms with Crippen LogP contribution < -0.4 is 9.47 Å². The van der Waals surface area contributed by atoms with Gasteiger partial charge in [-0.3, -0.25) is 0 Å². The molecule has 7 heteroatoms. The minimum absolute atomic E-state index is 0.0266. The van der Waals surface area contributed by atoms with Crippen molar-refractivity contribution in [2.24, 2.45) is 4.99 Å². The number of hydrogen-bond acceptors (Lipinski definition) is 5. The molecule has 0 aliphatic carbocycles. The van der Waals surface area contributed by atoms with Crippen molar-refractivity contribution in [2.75, 3.05) is 0 Å². The molecular formula is C24H17F2NO4. The van der Waals surface area contributed by atoms with Crippen LogP contribution in [0, 0.1) is 0 Å². The highest BCUT2D eigenvalue weighted by Crippen LogP contribution is 2.23. The van der Waals surface area contributed by atoms with Crippen LogP contribution in [0.4, 0.5) is 8.78 Å². The Kier molecular flexibility index (Phi) is 6.03. The van der Waals surface area contributed by atoms with Crippen LogP contribution in [-0.2, 0) is 16.1 Å². The monoisotopic (exact) mass is 421 g/mol. The normalized spacial score (nSPS) is 14.5. The predicted octanol–water partition coefficient (Wildman–Crippen LogP) is 5.21. The highest BCUT2D eigenvalue weighted by molar-refractivity contribution is 6.12. The van der Waals surface area contributed by atoms with Crippen LogP contribution in [-0.4, -0.2) is 18.5 Å². The molecule has 31 heavy (non-hydrogen) atoms. The fraction of sp³-hybridized carbons (Fsp3) is 0.0833. The van der Waals surface area contributed by atoms with Crippen LogP contribution in [0.1, 0.15) is 16.7 Å². The second-order valence-corrected chi connectivity index (χ2v) is 6.59. The van der Waals surface area contributed by atoms with Gasteiger partial charge in [-0.2, -0.15) is 8.78 Å². The van der Waals surface area contributed by atoms with Crippen molar-refractivity contribution in [3.63, 3.8) is 0 Å². The van der Waals surface area contributed by atoms with E-state index in [4.69, 9.17) is 9.47 Å². The van der Waals surface area contributed by atoms with Gasteiger partial charge >= 0.3 is 12.6 Å². The summed E-state index contributed by atoms with van der Waals surface area (Å²) in [6.07, 6.45) is 1.58. The first-order valence-electron chi connectivity index (χ1n) is 9.41. The van der Waals surface area contributed by atoms with Gasteiger partial charge < -0.3 is 14.2 Å². The van der Waals surface area contributed by atoms with Crippen molar-refractivity contribution in [3.8, 4) is 11.5 Å². The standard InChI is InChI=1S/C24H17F2NO4/c25-24(26)30-20-8-4-7-18(14-20)22-27-21(23(28)31-22)13-16-9-11-19(12-10-16)29-15-17-5-2-1-3-6-17/h1-14,24H,15H2/b21-13-. The molecule has 0 radical (unpaired) electrons. The van der Waals surface area contributed by atoms with Crippen LogP contribution in [0.15, 0.2) is 89.6 Å². The third-order valence-corrected chi connectivity index (χ3v) is 4.36. The van der Waals surface area contributed by atoms with Crippen molar-refractivity contribution in [3.05, 3.63) is 101 Å². The summed E-state index contributed by atoms with van der Waals surface area (Å²) in [5.41, 5.74) is 2.26. The first-order chi connectivity index (χ1) is 15.1. The number of alkyl halides is 2. The Hall–Kier alpha value is -4.00. The summed E-state index contributed by atoms with van der Waals surface area (Å²) in [6, 6.07) is 22.8. The summed E-state index contributed by atoms with van der Waals surface area (Å²) in [5.74, 6) is 0.0492. The molecular weight excluding hydrogens is 404 g/mol. The van der Waals surface area contributed by atoms with E-state index in [9.17, 15) is 13.6 Å². The van der Waals surface area contributed by atoms with Crippen LogP contribution in [0.3, 0.4) is 0 Å². The highest BCUT2D eigenvalue weighted by atomic mass is 19.3. The molecule has 3 aromatic carbocycles. The van der Waals surface area contributed by atoms with Crippen molar-refractivity contribution in [2.45, 2.75) is 13.2 Å². The second-order valence-electron chi connectivity index (χ2n) is 6.59. The van der Waals surface area contributed by atoms with Gasteiger partial charge in [-0.25, -0.2) is 9.79 Å². The fourth-order valence-corrected chi connectivity index (χ4v) is 2.90. The van der Waals surface area contributed by atoms with E-state index < -0.39 is 12.6 Å². The summed E-state index contributed by atoms with van der Waals surface area (Å²) in [6.45, 7) is -2.49. The topological polar surface area (TPSA) is 57.1 Å². The first-order valence-corrected chi connectivity index (χ1v) is 9.41. The fourth-order valence-electron chi connectivity index (χ4n) is 2.90. The zero-order valence-corrected chi connectivity index (χ0v) is 16.2. The Bertz CT molecular complexity index is 1130. The molecule has 0 bridgehead atoms. The number of cyclic esters (lactones) is 1. The number of nitrogens with zero attached hydrogens (tertiary/aromatic N) is 1. The van der Waals surface area contributed by atoms with Crippen LogP contribution in [0.25, 0.3) is 6.08 Å². The molecule has 0 aromatic heterocycles. The van der Waals surface area contributed by atoms with Gasteiger partial charge in [0.05, 0.1) is 0 Å². The van der Waals surface area contributed by atoms with E-state index in [0.717, 1.165) is 11.1 Å². The molecule has 0 unspecified atom stereocenters. The Morgan fingerprint density at radius 1 is 0.935 bits per heavy atom. The van der Waals surface area contributed by atoms with Gasteiger partial charge in [0.2, 0.25) is 5.90 Å². The SMILES string of the molecule is O=C1OC(c2cccc(OC(F)F)c2)=N/C1=C\c1ccc(OCc2ccccc2)cc1. The Morgan fingerprint density at radius 2 is 1.71 bits per heavy atom. The van der Waals surface area contributed by atoms with E-state index in [2.05, 4.69) is 9.73 Å². The summed E-state index contributed by atoms with van der Waals surface area (Å²) in [4.78, 5) is 16.4. The summed E-state index contributed by atoms with van der Waals surface area (Å²) in [5, 5.41) is 0. The molecule has 0 atom stereocenters. The molecule has 3 aromatic rings. The quantitative estimate of drug-likeness (QED) is 0.388. The van der Waals surface area contributed by atoms with Crippen molar-refractivity contribution >= 4 is 17.9 Å². The van der Waals surface area contributed by atoms with E-state index in [0.29, 0.717) is 17.9 Å². The van der Waals surface area contributed by atoms with E-state index in [1.165, 1.54) is 18.2 Å². The van der Waals surface area contributed by atoms with E-state index in [1.807, 2.05) is 30.3 Å². The molecule has 156 valence electrons. The summed E-state index contributed by atoms with van der Waals surface area (Å²) < 4.78 is 40.1. The van der Waals surface area contributed by atoms with Crippen LogP contribution in [0.2, 0.25) is 0 Å². The smallest absolute Gasteiger partial charge is 0.387 e. The molecule has 0 saturated heterocycles. The average Bonchev–Trinajstić information content (AvgIpc) is 3.14. The number of halogens is 2. The van der Waals surface area contributed by atoms with Gasteiger partial charge in [0.1, 0.15) is 18.1 Å². The number of hydrogen-bond donors (Lipinski definition) is 0. The first kappa shape index (κ1) is 20.3. The van der Waals surface area contributed by atoms with Crippen molar-refractivity contribution in [1.82, 2.24) is 0 Å². The van der Waals surface area contributed by atoms with E-state index in [-0.39, 0.29) is 17.3 Å². The van der Waals surface area contributed by atoms with Crippen LogP contribution >= 0.6 is 0 Å². The number of esters is 1. The van der Waals surface area contributed by atoms with Crippen molar-refractivity contribution in [1.29, 1.82) is 0 Å². The number of rotatable bonds is 7. The van der Waals surface area contributed by atoms with E-state index >= 15 is 0 Å². The Labute approximate surface area is 177 Å². The predicted molar refractivity (Wildman–Crippen MR) is 111 cm³/mol. The Morgan fingerprint density at radius 3 is 2.45 bits per heavy atom. The summed E-state index contributed by atoms with van der Waals surface area (Å²) in [7, 11) is 0. The number of aliphatic imine (C=N–C) groups is 1. The molecule has 0 amide bonds. The molecule has 0 fully saturated rings. The van der Waals surface area contributed by atoms with E-state index in [1.54, 1.807) is 36.4 Å². The number of carbonyl (C=O) groups is 1. The maximum Gasteiger partial charge on any atom is 0.387 e. The molecule has 0 spiro atoms. The molecule has 5 nitrogen and oxygen atoms in total. The van der Waals surface area contributed by atoms with Gasteiger partial charge in [0.15, 0.2) is 5.70 Å². The number of ether oxygens (including phenoxy) is 3. The molecule has 1 heterocycles. The minimum Gasteiger partial charge on any atom is -0.489 e. The van der Waals surface area contributed by atoms with Crippen LogP contribution in [0.5, 0.6) is 11.5 Å². The molecule has 1 aliphatic rings. The van der Waals surface area contributed by atoms with Crippen molar-refractivity contribution < 1.29 is 27.8 Å². The minimum atomic E-state index is -2.95. The molecule has 1 aliphatic heterocycles. The van der Waals surface area contributed by atoms with Gasteiger partial charge in [0, 0.05) is 5.56 Å². The molecule has 4 rings (SSSR count). The zero-order valence-electron chi connectivity index (χ0n) is 16.2. The maximum absolute atomic E-state index is 12.4. The second kappa shape index (κ2) is 9.21. The molecule has 0 N–H and O–H groups in total. The average molecular weight is 421 g/mol. The molecule has 0 saturated carbocycles. The Balaban J connectivity index is 1.46. The highest BCUT2D eigenvalue weighted by Gasteiger charge is 2.24. The number of benzene rings is 3. The lowest BCUT2D eigenvalue weighted by molar-refractivity contribution is -0.129. The lowest BCUT2D eigenvalue weighted by atomic mass is 10.2. The van der Waals surface area contributed by atoms with Gasteiger partial charge in [-0.1, -0.05) is 48.5 Å². The maximum atomic E-state index is 12.4. The lowest BCUT2D eigenvalue weighted by Crippen LogP contribution is -2.07. The van der Waals surface area contributed by atoms with Gasteiger partial charge in [0.25, 0.3) is 0 Å². The zero-order chi connectivity index (χ0) is 21.6. The third-order valence-electron chi connectivity index (χ3n) is 4.36. The van der Waals surface area contributed by atoms with Gasteiger partial charge in [-0.05, 0) is 47.5 Å². The summed E-state index contributed by atoms with van der Waals surface area (Å²) >= 11 is 0. The number of carbonyl (C=O) groups excluding carboxylic acids is 1. The largest absolute Gasteiger partial charge is 0.489 e. The lowest BCUT2D eigenvalue weighted by Gasteiger charge is -2.06.